The normalized spacial score (nSPS) is 10.8. The maximum absolute atomic E-state index is 11.9. The summed E-state index contributed by atoms with van der Waals surface area (Å²) in [6, 6.07) is 12.2. The predicted octanol–water partition coefficient (Wildman–Crippen LogP) is 4.14. The fraction of sp³-hybridized carbons (Fsp3) is 0.0625. The van der Waals surface area contributed by atoms with Crippen LogP contribution in [-0.2, 0) is 11.4 Å². The summed E-state index contributed by atoms with van der Waals surface area (Å²) in [7, 11) is 0. The van der Waals surface area contributed by atoms with E-state index in [4.69, 9.17) is 23.2 Å². The summed E-state index contributed by atoms with van der Waals surface area (Å²) in [5.41, 5.74) is 1.81. The summed E-state index contributed by atoms with van der Waals surface area (Å²) < 4.78 is 0. The summed E-state index contributed by atoms with van der Waals surface area (Å²) in [6.07, 6.45) is 2.91. The minimum absolute atomic E-state index is 0.142. The van der Waals surface area contributed by atoms with Crippen LogP contribution in [0.2, 0.25) is 10.0 Å². The zero-order valence-electron chi connectivity index (χ0n) is 11.0. The topological polar surface area (TPSA) is 49.3 Å². The Morgan fingerprint density at radius 3 is 2.43 bits per heavy atom. The lowest BCUT2D eigenvalue weighted by Gasteiger charge is -2.07. The SMILES string of the molecule is O=C(C=Cc1c(Cl)cccc1Cl)Nc1ccccc1CO. The zero-order valence-corrected chi connectivity index (χ0v) is 12.5. The van der Waals surface area contributed by atoms with Gasteiger partial charge in [0.05, 0.1) is 6.61 Å². The maximum atomic E-state index is 11.9. The number of aliphatic hydroxyl groups excluding tert-OH is 1. The summed E-state index contributed by atoms with van der Waals surface area (Å²) in [4.78, 5) is 11.9. The molecule has 0 saturated carbocycles. The number of rotatable bonds is 4. The van der Waals surface area contributed by atoms with E-state index in [0.717, 1.165) is 0 Å². The van der Waals surface area contributed by atoms with Crippen LogP contribution in [0.5, 0.6) is 0 Å². The Morgan fingerprint density at radius 2 is 1.76 bits per heavy atom. The number of nitrogens with one attached hydrogen (secondary N) is 1. The lowest BCUT2D eigenvalue weighted by atomic mass is 10.2. The Hall–Kier alpha value is -1.81. The molecule has 0 spiro atoms. The smallest absolute Gasteiger partial charge is 0.248 e. The molecule has 0 radical (unpaired) electrons. The molecule has 0 unspecified atom stereocenters. The van der Waals surface area contributed by atoms with Gasteiger partial charge in [0.25, 0.3) is 0 Å². The number of carbonyl (C=O) groups is 1. The van der Waals surface area contributed by atoms with Crippen LogP contribution in [-0.4, -0.2) is 11.0 Å². The van der Waals surface area contributed by atoms with Gasteiger partial charge in [-0.15, -0.1) is 0 Å². The number of halogens is 2. The van der Waals surface area contributed by atoms with Crippen LogP contribution in [0.4, 0.5) is 5.69 Å². The van der Waals surface area contributed by atoms with Crippen molar-refractivity contribution in [1.82, 2.24) is 0 Å². The van der Waals surface area contributed by atoms with Crippen LogP contribution in [0.25, 0.3) is 6.08 Å². The van der Waals surface area contributed by atoms with E-state index in [1.54, 1.807) is 48.5 Å². The first kappa shape index (κ1) is 15.6. The van der Waals surface area contributed by atoms with E-state index in [9.17, 15) is 9.90 Å². The van der Waals surface area contributed by atoms with Gasteiger partial charge < -0.3 is 10.4 Å². The van der Waals surface area contributed by atoms with Crippen molar-refractivity contribution >= 4 is 40.9 Å². The van der Waals surface area contributed by atoms with E-state index >= 15 is 0 Å². The fourth-order valence-corrected chi connectivity index (χ4v) is 2.31. The number of amides is 1. The molecule has 5 heteroatoms. The van der Waals surface area contributed by atoms with Gasteiger partial charge in [0.2, 0.25) is 5.91 Å². The van der Waals surface area contributed by atoms with Gasteiger partial charge in [-0.2, -0.15) is 0 Å². The van der Waals surface area contributed by atoms with Gasteiger partial charge in [0.15, 0.2) is 0 Å². The van der Waals surface area contributed by atoms with Crippen molar-refractivity contribution in [2.45, 2.75) is 6.61 Å². The molecule has 0 heterocycles. The number of hydrogen-bond donors (Lipinski definition) is 2. The molecule has 2 N–H and O–H groups in total. The highest BCUT2D eigenvalue weighted by Crippen LogP contribution is 2.25. The third-order valence-electron chi connectivity index (χ3n) is 2.85. The molecule has 0 bridgehead atoms. The van der Waals surface area contributed by atoms with E-state index in [2.05, 4.69) is 5.32 Å². The average molecular weight is 322 g/mol. The number of hydrogen-bond acceptors (Lipinski definition) is 2. The van der Waals surface area contributed by atoms with Crippen LogP contribution in [0, 0.1) is 0 Å². The first-order chi connectivity index (χ1) is 10.1. The van der Waals surface area contributed by atoms with Gasteiger partial charge in [0.1, 0.15) is 0 Å². The lowest BCUT2D eigenvalue weighted by molar-refractivity contribution is -0.111. The van der Waals surface area contributed by atoms with Gasteiger partial charge in [-0.25, -0.2) is 0 Å². The summed E-state index contributed by atoms with van der Waals surface area (Å²) >= 11 is 12.0. The standard InChI is InChI=1S/C16H13Cl2NO2/c17-13-5-3-6-14(18)12(13)8-9-16(21)19-15-7-2-1-4-11(15)10-20/h1-9,20H,10H2,(H,19,21). The maximum Gasteiger partial charge on any atom is 0.248 e. The third kappa shape index (κ3) is 4.08. The molecule has 2 aromatic rings. The molecule has 21 heavy (non-hydrogen) atoms. The van der Waals surface area contributed by atoms with E-state index in [0.29, 0.717) is 26.9 Å². The van der Waals surface area contributed by atoms with Crippen LogP contribution < -0.4 is 5.32 Å². The largest absolute Gasteiger partial charge is 0.392 e. The number of benzene rings is 2. The average Bonchev–Trinajstić information content (AvgIpc) is 2.47. The molecule has 3 nitrogen and oxygen atoms in total. The molecular formula is C16H13Cl2NO2. The van der Waals surface area contributed by atoms with Crippen LogP contribution >= 0.6 is 23.2 Å². The van der Waals surface area contributed by atoms with Crippen LogP contribution in [0.1, 0.15) is 11.1 Å². The fourth-order valence-electron chi connectivity index (χ4n) is 1.78. The van der Waals surface area contributed by atoms with Crippen molar-refractivity contribution in [1.29, 1.82) is 0 Å². The minimum Gasteiger partial charge on any atom is -0.392 e. The number of anilines is 1. The molecule has 108 valence electrons. The Bertz CT molecular complexity index is 663. The van der Waals surface area contributed by atoms with Gasteiger partial charge in [-0.1, -0.05) is 47.5 Å². The molecule has 0 fully saturated rings. The Kier molecular flexibility index (Phi) is 5.39. The Morgan fingerprint density at radius 1 is 1.10 bits per heavy atom. The highest BCUT2D eigenvalue weighted by molar-refractivity contribution is 6.37. The molecular weight excluding hydrogens is 309 g/mol. The van der Waals surface area contributed by atoms with E-state index in [-0.39, 0.29) is 12.5 Å². The van der Waals surface area contributed by atoms with Crippen molar-refractivity contribution < 1.29 is 9.90 Å². The second kappa shape index (κ2) is 7.27. The first-order valence-corrected chi connectivity index (χ1v) is 6.99. The molecule has 0 saturated heterocycles. The predicted molar refractivity (Wildman–Crippen MR) is 86.5 cm³/mol. The van der Waals surface area contributed by atoms with Crippen molar-refractivity contribution in [3.05, 3.63) is 69.7 Å². The first-order valence-electron chi connectivity index (χ1n) is 6.23. The summed E-state index contributed by atoms with van der Waals surface area (Å²) in [5, 5.41) is 12.9. The van der Waals surface area contributed by atoms with Crippen LogP contribution in [0.15, 0.2) is 48.5 Å². The minimum atomic E-state index is -0.327. The van der Waals surface area contributed by atoms with Gasteiger partial charge in [0, 0.05) is 32.9 Å². The monoisotopic (exact) mass is 321 g/mol. The highest BCUT2D eigenvalue weighted by Gasteiger charge is 2.05. The molecule has 0 aliphatic carbocycles. The molecule has 0 atom stereocenters. The second-order valence-corrected chi connectivity index (χ2v) is 5.09. The van der Waals surface area contributed by atoms with Gasteiger partial charge in [-0.05, 0) is 24.3 Å². The molecule has 0 aliphatic heterocycles. The lowest BCUT2D eigenvalue weighted by Crippen LogP contribution is -2.09. The quantitative estimate of drug-likeness (QED) is 0.831. The van der Waals surface area contributed by atoms with E-state index < -0.39 is 0 Å². The number of para-hydroxylation sites is 1. The molecule has 2 aromatic carbocycles. The molecule has 0 aliphatic rings. The Labute approximate surface area is 132 Å². The molecule has 0 aromatic heterocycles. The number of aliphatic hydroxyl groups is 1. The van der Waals surface area contributed by atoms with Crippen molar-refractivity contribution in [2.75, 3.05) is 5.32 Å². The van der Waals surface area contributed by atoms with Gasteiger partial charge in [-0.3, -0.25) is 4.79 Å². The van der Waals surface area contributed by atoms with Crippen LogP contribution in [0.3, 0.4) is 0 Å². The second-order valence-electron chi connectivity index (χ2n) is 4.27. The van der Waals surface area contributed by atoms with Gasteiger partial charge >= 0.3 is 0 Å². The van der Waals surface area contributed by atoms with E-state index in [1.807, 2.05) is 0 Å². The van der Waals surface area contributed by atoms with Crippen molar-refractivity contribution in [3.8, 4) is 0 Å². The zero-order chi connectivity index (χ0) is 15.2. The summed E-state index contributed by atoms with van der Waals surface area (Å²) in [6.45, 7) is -0.142. The van der Waals surface area contributed by atoms with E-state index in [1.165, 1.54) is 6.08 Å². The van der Waals surface area contributed by atoms with Crippen molar-refractivity contribution in [3.63, 3.8) is 0 Å². The molecule has 1 amide bonds. The molecule has 2 rings (SSSR count). The third-order valence-corrected chi connectivity index (χ3v) is 3.51. The summed E-state index contributed by atoms with van der Waals surface area (Å²) in [5.74, 6) is -0.327. The van der Waals surface area contributed by atoms with Crippen molar-refractivity contribution in [2.24, 2.45) is 0 Å². The Balaban J connectivity index is 2.13. The highest BCUT2D eigenvalue weighted by atomic mass is 35.5. The number of carbonyl (C=O) groups excluding carboxylic acids is 1.